The Morgan fingerprint density at radius 3 is 2.62 bits per heavy atom. The van der Waals surface area contributed by atoms with Gasteiger partial charge in [0.15, 0.2) is 0 Å². The molecule has 1 amide bonds. The number of amides is 1. The van der Waals surface area contributed by atoms with Gasteiger partial charge in [-0.25, -0.2) is 4.79 Å². The quantitative estimate of drug-likeness (QED) is 0.670. The van der Waals surface area contributed by atoms with Crippen molar-refractivity contribution in [2.75, 3.05) is 6.54 Å². The van der Waals surface area contributed by atoms with E-state index in [4.69, 9.17) is 4.74 Å². The summed E-state index contributed by atoms with van der Waals surface area (Å²) in [6.07, 6.45) is -0.986. The number of ether oxygens (including phenoxy) is 1. The first-order valence-electron chi connectivity index (χ1n) is 7.48. The Balaban J connectivity index is 1.68. The fourth-order valence-corrected chi connectivity index (χ4v) is 2.25. The van der Waals surface area contributed by atoms with Crippen molar-refractivity contribution >= 4 is 22.0 Å². The standard InChI is InChI=1S/C17H19BrN2O4/c18-13-6-7-14(20-10-13)16(22)15(21)8-9-19-17(23)24-11-12-4-2-1-3-5-12/h1-7,10,15-16,21-22H,8-9,11H2,(H,19,23). The number of aromatic nitrogens is 1. The second-order valence-electron chi connectivity index (χ2n) is 5.19. The molecule has 6 nitrogen and oxygen atoms in total. The number of carbonyl (C=O) groups excluding carboxylic acids is 1. The van der Waals surface area contributed by atoms with Crippen LogP contribution >= 0.6 is 15.9 Å². The van der Waals surface area contributed by atoms with Gasteiger partial charge in [-0.1, -0.05) is 30.3 Å². The number of alkyl carbamates (subject to hydrolysis) is 1. The number of rotatable bonds is 7. The van der Waals surface area contributed by atoms with Crippen LogP contribution in [0.25, 0.3) is 0 Å². The van der Waals surface area contributed by atoms with Crippen LogP contribution in [0.5, 0.6) is 0 Å². The zero-order valence-electron chi connectivity index (χ0n) is 12.9. The molecule has 0 aliphatic carbocycles. The molecular weight excluding hydrogens is 376 g/mol. The van der Waals surface area contributed by atoms with Crippen LogP contribution in [0.1, 0.15) is 23.8 Å². The van der Waals surface area contributed by atoms with Crippen molar-refractivity contribution in [2.45, 2.75) is 25.2 Å². The Hall–Kier alpha value is -1.96. The number of aliphatic hydroxyl groups is 2. The van der Waals surface area contributed by atoms with E-state index in [-0.39, 0.29) is 19.6 Å². The van der Waals surface area contributed by atoms with Crippen LogP contribution in [0.2, 0.25) is 0 Å². The van der Waals surface area contributed by atoms with Crippen molar-refractivity contribution in [3.05, 3.63) is 64.4 Å². The van der Waals surface area contributed by atoms with Crippen LogP contribution in [-0.4, -0.2) is 33.9 Å². The summed E-state index contributed by atoms with van der Waals surface area (Å²) in [5.41, 5.74) is 1.27. The summed E-state index contributed by atoms with van der Waals surface area (Å²) >= 11 is 3.25. The number of carbonyl (C=O) groups is 1. The van der Waals surface area contributed by atoms with Gasteiger partial charge in [0.2, 0.25) is 0 Å². The molecule has 0 aliphatic heterocycles. The molecule has 1 aromatic heterocycles. The van der Waals surface area contributed by atoms with E-state index in [1.807, 2.05) is 30.3 Å². The SMILES string of the molecule is O=C(NCCC(O)C(O)c1ccc(Br)cn1)OCc1ccccc1. The third-order valence-electron chi connectivity index (χ3n) is 3.34. The third-order valence-corrected chi connectivity index (χ3v) is 3.81. The van der Waals surface area contributed by atoms with Gasteiger partial charge in [0.1, 0.15) is 12.7 Å². The molecule has 0 radical (unpaired) electrons. The second-order valence-corrected chi connectivity index (χ2v) is 6.11. The lowest BCUT2D eigenvalue weighted by atomic mass is 10.1. The van der Waals surface area contributed by atoms with E-state index < -0.39 is 18.3 Å². The Morgan fingerprint density at radius 2 is 1.96 bits per heavy atom. The van der Waals surface area contributed by atoms with Crippen LogP contribution in [-0.2, 0) is 11.3 Å². The maximum absolute atomic E-state index is 11.6. The lowest BCUT2D eigenvalue weighted by molar-refractivity contribution is 0.0111. The van der Waals surface area contributed by atoms with Gasteiger partial charge in [-0.15, -0.1) is 0 Å². The monoisotopic (exact) mass is 394 g/mol. The van der Waals surface area contributed by atoms with Gasteiger partial charge < -0.3 is 20.3 Å². The Morgan fingerprint density at radius 1 is 1.21 bits per heavy atom. The van der Waals surface area contributed by atoms with Crippen molar-refractivity contribution in [1.29, 1.82) is 0 Å². The van der Waals surface area contributed by atoms with E-state index in [2.05, 4.69) is 26.2 Å². The van der Waals surface area contributed by atoms with Crippen LogP contribution in [0.15, 0.2) is 53.1 Å². The summed E-state index contributed by atoms with van der Waals surface area (Å²) < 4.78 is 5.84. The summed E-state index contributed by atoms with van der Waals surface area (Å²) in [6, 6.07) is 12.7. The normalized spacial score (nSPS) is 13.1. The number of hydrogen-bond acceptors (Lipinski definition) is 5. The van der Waals surface area contributed by atoms with Gasteiger partial charge in [-0.05, 0) is 40.0 Å². The highest BCUT2D eigenvalue weighted by molar-refractivity contribution is 9.10. The van der Waals surface area contributed by atoms with Crippen LogP contribution in [0, 0.1) is 0 Å². The number of aliphatic hydroxyl groups excluding tert-OH is 2. The first-order valence-corrected chi connectivity index (χ1v) is 8.27. The van der Waals surface area contributed by atoms with E-state index in [1.165, 1.54) is 0 Å². The summed E-state index contributed by atoms with van der Waals surface area (Å²) in [4.78, 5) is 15.6. The molecule has 2 atom stereocenters. The highest BCUT2D eigenvalue weighted by Crippen LogP contribution is 2.18. The summed E-state index contributed by atoms with van der Waals surface area (Å²) in [7, 11) is 0. The van der Waals surface area contributed by atoms with Gasteiger partial charge >= 0.3 is 6.09 Å². The predicted octanol–water partition coefficient (Wildman–Crippen LogP) is 2.55. The molecule has 0 fully saturated rings. The van der Waals surface area contributed by atoms with E-state index in [0.29, 0.717) is 5.69 Å². The maximum atomic E-state index is 11.6. The van der Waals surface area contributed by atoms with Crippen LogP contribution in [0.3, 0.4) is 0 Å². The molecule has 3 N–H and O–H groups in total. The van der Waals surface area contributed by atoms with Crippen LogP contribution in [0.4, 0.5) is 4.79 Å². The molecule has 0 saturated heterocycles. The number of halogens is 1. The molecule has 1 heterocycles. The number of pyridine rings is 1. The summed E-state index contributed by atoms with van der Waals surface area (Å²) in [5.74, 6) is 0. The maximum Gasteiger partial charge on any atom is 0.407 e. The number of nitrogens with zero attached hydrogens (tertiary/aromatic N) is 1. The Kier molecular flexibility index (Phi) is 7.17. The van der Waals surface area contributed by atoms with Crippen LogP contribution < -0.4 is 5.32 Å². The number of nitrogens with one attached hydrogen (secondary N) is 1. The van der Waals surface area contributed by atoms with Crippen molar-refractivity contribution in [1.82, 2.24) is 10.3 Å². The molecule has 7 heteroatoms. The smallest absolute Gasteiger partial charge is 0.407 e. The predicted molar refractivity (Wildman–Crippen MR) is 92.2 cm³/mol. The van der Waals surface area contributed by atoms with E-state index in [1.54, 1.807) is 18.3 Å². The topological polar surface area (TPSA) is 91.7 Å². The fourth-order valence-electron chi connectivity index (χ4n) is 2.01. The molecule has 2 rings (SSSR count). The Bertz CT molecular complexity index is 637. The van der Waals surface area contributed by atoms with Crippen molar-refractivity contribution in [3.63, 3.8) is 0 Å². The summed E-state index contributed by atoms with van der Waals surface area (Å²) in [6.45, 7) is 0.364. The first kappa shape index (κ1) is 18.4. The highest BCUT2D eigenvalue weighted by Gasteiger charge is 2.19. The van der Waals surface area contributed by atoms with E-state index in [9.17, 15) is 15.0 Å². The molecule has 0 bridgehead atoms. The van der Waals surface area contributed by atoms with Crippen molar-refractivity contribution in [2.24, 2.45) is 0 Å². The average Bonchev–Trinajstić information content (AvgIpc) is 2.61. The number of hydrogen-bond donors (Lipinski definition) is 3. The summed E-state index contributed by atoms with van der Waals surface area (Å²) in [5, 5.41) is 22.5. The second kappa shape index (κ2) is 9.36. The molecule has 24 heavy (non-hydrogen) atoms. The van der Waals surface area contributed by atoms with Gasteiger partial charge in [-0.2, -0.15) is 0 Å². The minimum absolute atomic E-state index is 0.180. The highest BCUT2D eigenvalue weighted by atomic mass is 79.9. The molecule has 2 aromatic rings. The zero-order valence-corrected chi connectivity index (χ0v) is 14.5. The zero-order chi connectivity index (χ0) is 17.4. The minimum Gasteiger partial charge on any atom is -0.445 e. The van der Waals surface area contributed by atoms with Crippen molar-refractivity contribution < 1.29 is 19.7 Å². The molecule has 0 aliphatic rings. The molecule has 0 spiro atoms. The lowest BCUT2D eigenvalue weighted by Gasteiger charge is -2.17. The first-order chi connectivity index (χ1) is 11.6. The van der Waals surface area contributed by atoms with E-state index in [0.717, 1.165) is 10.0 Å². The minimum atomic E-state index is -1.11. The van der Waals surface area contributed by atoms with Gasteiger partial charge in [0.25, 0.3) is 0 Å². The molecule has 2 unspecified atom stereocenters. The molecular formula is C17H19BrN2O4. The number of benzene rings is 1. The van der Waals surface area contributed by atoms with Gasteiger partial charge in [0.05, 0.1) is 11.8 Å². The van der Waals surface area contributed by atoms with Gasteiger partial charge in [-0.3, -0.25) is 4.98 Å². The molecule has 1 aromatic carbocycles. The molecule has 0 saturated carbocycles. The fraction of sp³-hybridized carbons (Fsp3) is 0.294. The van der Waals surface area contributed by atoms with E-state index >= 15 is 0 Å². The Labute approximate surface area is 148 Å². The average molecular weight is 395 g/mol. The van der Waals surface area contributed by atoms with Crippen molar-refractivity contribution in [3.8, 4) is 0 Å². The third kappa shape index (κ3) is 5.92. The largest absolute Gasteiger partial charge is 0.445 e. The lowest BCUT2D eigenvalue weighted by Crippen LogP contribution is -2.30. The molecule has 128 valence electrons. The van der Waals surface area contributed by atoms with Gasteiger partial charge in [0, 0.05) is 17.2 Å².